The lowest BCUT2D eigenvalue weighted by Crippen LogP contribution is -2.45. The Balaban J connectivity index is 3.43. The Labute approximate surface area is 406 Å². The van der Waals surface area contributed by atoms with Crippen molar-refractivity contribution in [1.29, 1.82) is 0 Å². The Bertz CT molecular complexity index is 970. The van der Waals surface area contributed by atoms with Gasteiger partial charge in [0.15, 0.2) is 0 Å². The highest BCUT2D eigenvalue weighted by atomic mass is 16.5. The third kappa shape index (κ3) is 51.8. The van der Waals surface area contributed by atoms with Crippen molar-refractivity contribution < 1.29 is 24.5 Å². The maximum absolute atomic E-state index is 12.5. The number of esters is 1. The van der Waals surface area contributed by atoms with Crippen LogP contribution in [0.25, 0.3) is 0 Å². The summed E-state index contributed by atoms with van der Waals surface area (Å²) < 4.78 is 5.49. The molecule has 6 heteroatoms. The first-order valence-electron chi connectivity index (χ1n) is 29.5. The molecule has 0 spiro atoms. The molecule has 0 aliphatic carbocycles. The summed E-state index contributed by atoms with van der Waals surface area (Å²) in [6.07, 6.45) is 65.1. The standard InChI is InChI=1S/C59H115NO5/c1-3-5-7-9-11-13-15-17-19-21-25-29-33-37-41-45-49-53-59(64)65-54-50-46-42-38-34-30-26-22-24-28-32-36-40-44-48-52-58(63)60-56(55-61)57(62)51-47-43-39-35-31-27-23-20-18-16-14-12-10-8-6-4-2/h47,51,56-57,61-62H,3-46,48-50,52-55H2,1-2H3,(H,60,63)/b51-47+. The SMILES string of the molecule is CCCCCCCCCCCCCCCC/C=C/C(O)C(CO)NC(=O)CCCCCCCCCCCCCCCCCOC(=O)CCCCCCCCCCCCCCCCCCC. The number of aliphatic hydroxyl groups excluding tert-OH is 2. The highest BCUT2D eigenvalue weighted by Gasteiger charge is 2.18. The fourth-order valence-electron chi connectivity index (χ4n) is 9.28. The molecule has 0 rings (SSSR count). The maximum Gasteiger partial charge on any atom is 0.305 e. The summed E-state index contributed by atoms with van der Waals surface area (Å²) in [7, 11) is 0. The molecule has 0 aromatic carbocycles. The molecule has 0 aliphatic rings. The lowest BCUT2D eigenvalue weighted by atomic mass is 10.0. The third-order valence-corrected chi connectivity index (χ3v) is 13.8. The summed E-state index contributed by atoms with van der Waals surface area (Å²) in [5, 5.41) is 23.1. The summed E-state index contributed by atoms with van der Waals surface area (Å²) in [4.78, 5) is 24.5. The number of hydrogen-bond acceptors (Lipinski definition) is 5. The van der Waals surface area contributed by atoms with Crippen LogP contribution in [0.5, 0.6) is 0 Å². The predicted molar refractivity (Wildman–Crippen MR) is 283 cm³/mol. The molecule has 0 bridgehead atoms. The van der Waals surface area contributed by atoms with Crippen LogP contribution in [-0.4, -0.2) is 47.4 Å². The zero-order valence-electron chi connectivity index (χ0n) is 44.0. The molecule has 386 valence electrons. The van der Waals surface area contributed by atoms with Gasteiger partial charge >= 0.3 is 5.97 Å². The molecule has 0 aromatic rings. The topological polar surface area (TPSA) is 95.9 Å². The van der Waals surface area contributed by atoms with E-state index in [-0.39, 0.29) is 18.5 Å². The second-order valence-electron chi connectivity index (χ2n) is 20.3. The van der Waals surface area contributed by atoms with Crippen molar-refractivity contribution in [2.75, 3.05) is 13.2 Å². The van der Waals surface area contributed by atoms with E-state index in [0.717, 1.165) is 44.9 Å². The largest absolute Gasteiger partial charge is 0.466 e. The minimum absolute atomic E-state index is 0.00410. The average molecular weight is 919 g/mol. The van der Waals surface area contributed by atoms with Crippen molar-refractivity contribution in [1.82, 2.24) is 5.32 Å². The molecule has 0 radical (unpaired) electrons. The maximum atomic E-state index is 12.5. The summed E-state index contributed by atoms with van der Waals surface area (Å²) in [6, 6.07) is -0.633. The zero-order chi connectivity index (χ0) is 47.2. The molecule has 1 amide bonds. The molecule has 0 saturated carbocycles. The minimum Gasteiger partial charge on any atom is -0.466 e. The number of allylic oxidation sites excluding steroid dienone is 1. The van der Waals surface area contributed by atoms with E-state index in [4.69, 9.17) is 4.74 Å². The molecular formula is C59H115NO5. The second kappa shape index (κ2) is 55.2. The number of amides is 1. The fourth-order valence-corrected chi connectivity index (χ4v) is 9.28. The van der Waals surface area contributed by atoms with Gasteiger partial charge in [-0.25, -0.2) is 0 Å². The first kappa shape index (κ1) is 63.6. The van der Waals surface area contributed by atoms with Gasteiger partial charge in [-0.05, 0) is 32.1 Å². The van der Waals surface area contributed by atoms with Gasteiger partial charge in [0.2, 0.25) is 5.91 Å². The van der Waals surface area contributed by atoms with E-state index in [2.05, 4.69) is 19.2 Å². The van der Waals surface area contributed by atoms with Crippen LogP contribution in [0, 0.1) is 0 Å². The number of unbranched alkanes of at least 4 members (excludes halogenated alkanes) is 44. The van der Waals surface area contributed by atoms with Gasteiger partial charge in [0.1, 0.15) is 0 Å². The lowest BCUT2D eigenvalue weighted by Gasteiger charge is -2.20. The molecule has 0 aliphatic heterocycles. The van der Waals surface area contributed by atoms with Gasteiger partial charge < -0.3 is 20.3 Å². The molecule has 0 aromatic heterocycles. The third-order valence-electron chi connectivity index (χ3n) is 13.8. The summed E-state index contributed by atoms with van der Waals surface area (Å²) >= 11 is 0. The van der Waals surface area contributed by atoms with Crippen LogP contribution in [0.2, 0.25) is 0 Å². The van der Waals surface area contributed by atoms with Gasteiger partial charge in [0.05, 0.1) is 25.4 Å². The highest BCUT2D eigenvalue weighted by molar-refractivity contribution is 5.76. The minimum atomic E-state index is -0.849. The molecule has 0 heterocycles. The Morgan fingerprint density at radius 2 is 0.708 bits per heavy atom. The van der Waals surface area contributed by atoms with Crippen molar-refractivity contribution in [2.24, 2.45) is 0 Å². The van der Waals surface area contributed by atoms with Crippen molar-refractivity contribution in [2.45, 2.75) is 341 Å². The molecule has 6 nitrogen and oxygen atoms in total. The number of ether oxygens (including phenoxy) is 1. The van der Waals surface area contributed by atoms with Crippen molar-refractivity contribution in [3.8, 4) is 0 Å². The Morgan fingerprint density at radius 3 is 1.05 bits per heavy atom. The van der Waals surface area contributed by atoms with E-state index in [1.165, 1.54) is 257 Å². The van der Waals surface area contributed by atoms with Crippen molar-refractivity contribution in [3.05, 3.63) is 12.2 Å². The van der Waals surface area contributed by atoms with Gasteiger partial charge in [-0.2, -0.15) is 0 Å². The van der Waals surface area contributed by atoms with Gasteiger partial charge in [-0.3, -0.25) is 9.59 Å². The van der Waals surface area contributed by atoms with E-state index in [1.807, 2.05) is 6.08 Å². The molecule has 2 atom stereocenters. The number of nitrogens with one attached hydrogen (secondary N) is 1. The van der Waals surface area contributed by atoms with Crippen molar-refractivity contribution in [3.63, 3.8) is 0 Å². The summed E-state index contributed by atoms with van der Waals surface area (Å²) in [5.74, 6) is -0.0698. The number of carbonyl (C=O) groups excluding carboxylic acids is 2. The summed E-state index contributed by atoms with van der Waals surface area (Å²) in [6.45, 7) is 4.91. The summed E-state index contributed by atoms with van der Waals surface area (Å²) in [5.41, 5.74) is 0. The van der Waals surface area contributed by atoms with E-state index in [1.54, 1.807) is 6.08 Å². The lowest BCUT2D eigenvalue weighted by molar-refractivity contribution is -0.143. The first-order valence-corrected chi connectivity index (χ1v) is 29.5. The van der Waals surface area contributed by atoms with E-state index in [9.17, 15) is 19.8 Å². The number of hydrogen-bond donors (Lipinski definition) is 3. The first-order chi connectivity index (χ1) is 32.0. The molecule has 3 N–H and O–H groups in total. The quantitative estimate of drug-likeness (QED) is 0.0321. The Morgan fingerprint density at radius 1 is 0.415 bits per heavy atom. The smallest absolute Gasteiger partial charge is 0.305 e. The predicted octanol–water partition coefficient (Wildman–Crippen LogP) is 18.1. The van der Waals surface area contributed by atoms with E-state index < -0.39 is 12.1 Å². The molecule has 0 fully saturated rings. The number of carbonyl (C=O) groups is 2. The Kier molecular flexibility index (Phi) is 54.0. The van der Waals surface area contributed by atoms with Crippen LogP contribution >= 0.6 is 0 Å². The second-order valence-corrected chi connectivity index (χ2v) is 20.3. The van der Waals surface area contributed by atoms with Gasteiger partial charge in [-0.15, -0.1) is 0 Å². The molecule has 65 heavy (non-hydrogen) atoms. The highest BCUT2D eigenvalue weighted by Crippen LogP contribution is 2.17. The van der Waals surface area contributed by atoms with Crippen molar-refractivity contribution >= 4 is 11.9 Å². The van der Waals surface area contributed by atoms with Crippen LogP contribution in [0.1, 0.15) is 328 Å². The molecule has 2 unspecified atom stereocenters. The molecular weight excluding hydrogens is 803 g/mol. The van der Waals surface area contributed by atoms with Gasteiger partial charge in [0, 0.05) is 12.8 Å². The average Bonchev–Trinajstić information content (AvgIpc) is 3.31. The molecule has 0 saturated heterocycles. The number of aliphatic hydroxyl groups is 2. The van der Waals surface area contributed by atoms with Gasteiger partial charge in [0.25, 0.3) is 0 Å². The van der Waals surface area contributed by atoms with Gasteiger partial charge in [-0.1, -0.05) is 296 Å². The van der Waals surface area contributed by atoms with Crippen LogP contribution < -0.4 is 5.32 Å². The number of rotatable bonds is 55. The van der Waals surface area contributed by atoms with E-state index >= 15 is 0 Å². The fraction of sp³-hybridized carbons (Fsp3) is 0.932. The van der Waals surface area contributed by atoms with Crippen LogP contribution in [0.4, 0.5) is 0 Å². The monoisotopic (exact) mass is 918 g/mol. The van der Waals surface area contributed by atoms with Crippen LogP contribution in [0.3, 0.4) is 0 Å². The van der Waals surface area contributed by atoms with Crippen LogP contribution in [-0.2, 0) is 14.3 Å². The van der Waals surface area contributed by atoms with E-state index in [0.29, 0.717) is 19.4 Å². The van der Waals surface area contributed by atoms with Crippen LogP contribution in [0.15, 0.2) is 12.2 Å². The Hall–Kier alpha value is -1.40. The zero-order valence-corrected chi connectivity index (χ0v) is 44.0. The normalized spacial score (nSPS) is 12.6.